The van der Waals surface area contributed by atoms with Crippen molar-refractivity contribution in [3.63, 3.8) is 0 Å². The molecule has 14 heavy (non-hydrogen) atoms. The van der Waals surface area contributed by atoms with Gasteiger partial charge in [-0.2, -0.15) is 0 Å². The van der Waals surface area contributed by atoms with E-state index in [1.807, 2.05) is 0 Å². The van der Waals surface area contributed by atoms with Gasteiger partial charge in [-0.15, -0.1) is 0 Å². The lowest BCUT2D eigenvalue weighted by Gasteiger charge is -2.35. The van der Waals surface area contributed by atoms with Crippen LogP contribution >= 0.6 is 0 Å². The number of nitrogens with one attached hydrogen (secondary N) is 1. The van der Waals surface area contributed by atoms with E-state index in [1.165, 1.54) is 0 Å². The van der Waals surface area contributed by atoms with Crippen molar-refractivity contribution in [1.29, 1.82) is 0 Å². The Bertz CT molecular complexity index is 248. The van der Waals surface area contributed by atoms with E-state index in [1.54, 1.807) is 6.92 Å². The quantitative estimate of drug-likeness (QED) is 0.654. The minimum atomic E-state index is -0.735. The molecule has 4 heteroatoms. The third-order valence-corrected chi connectivity index (χ3v) is 3.57. The van der Waals surface area contributed by atoms with Gasteiger partial charge >= 0.3 is 5.97 Å². The maximum Gasteiger partial charge on any atom is 0.323 e. The monoisotopic (exact) mass is 199 g/mol. The standard InChI is InChI=1S/C10H17NO3/c1-9(8(12)13)2-3-10(11-9)4-6-14-7-5-10/h11H,2-7H2,1H3,(H,12,13). The first-order chi connectivity index (χ1) is 6.56. The average molecular weight is 199 g/mol. The molecule has 2 saturated heterocycles. The smallest absolute Gasteiger partial charge is 0.323 e. The molecule has 1 spiro atoms. The fraction of sp³-hybridized carbons (Fsp3) is 0.900. The van der Waals surface area contributed by atoms with Crippen molar-refractivity contribution in [2.75, 3.05) is 13.2 Å². The van der Waals surface area contributed by atoms with Crippen LogP contribution in [-0.2, 0) is 9.53 Å². The highest BCUT2D eigenvalue weighted by atomic mass is 16.5. The van der Waals surface area contributed by atoms with Crippen molar-refractivity contribution in [3.8, 4) is 0 Å². The number of ether oxygens (including phenoxy) is 1. The third-order valence-electron chi connectivity index (χ3n) is 3.57. The summed E-state index contributed by atoms with van der Waals surface area (Å²) in [5.41, 5.74) is -0.692. The van der Waals surface area contributed by atoms with Gasteiger partial charge in [-0.25, -0.2) is 0 Å². The molecule has 0 aromatic heterocycles. The van der Waals surface area contributed by atoms with Gasteiger partial charge in [0.05, 0.1) is 0 Å². The zero-order valence-electron chi connectivity index (χ0n) is 8.51. The highest BCUT2D eigenvalue weighted by Crippen LogP contribution is 2.37. The Morgan fingerprint density at radius 2 is 1.93 bits per heavy atom. The van der Waals surface area contributed by atoms with E-state index in [0.717, 1.165) is 38.9 Å². The average Bonchev–Trinajstić information content (AvgIpc) is 2.47. The second kappa shape index (κ2) is 3.21. The van der Waals surface area contributed by atoms with E-state index in [9.17, 15) is 4.79 Å². The van der Waals surface area contributed by atoms with Crippen LogP contribution in [0.3, 0.4) is 0 Å². The molecule has 0 radical (unpaired) electrons. The number of aliphatic carboxylic acids is 1. The minimum Gasteiger partial charge on any atom is -0.480 e. The first kappa shape index (κ1) is 9.93. The lowest BCUT2D eigenvalue weighted by molar-refractivity contribution is -0.144. The van der Waals surface area contributed by atoms with Crippen LogP contribution in [-0.4, -0.2) is 35.4 Å². The van der Waals surface area contributed by atoms with Gasteiger partial charge in [0, 0.05) is 18.8 Å². The summed E-state index contributed by atoms with van der Waals surface area (Å²) in [6.45, 7) is 3.28. The SMILES string of the molecule is CC1(C(=O)O)CCC2(CCOCC2)N1. The van der Waals surface area contributed by atoms with Gasteiger partial charge in [0.1, 0.15) is 5.54 Å². The van der Waals surface area contributed by atoms with E-state index < -0.39 is 11.5 Å². The molecule has 4 nitrogen and oxygen atoms in total. The van der Waals surface area contributed by atoms with Gasteiger partial charge in [0.25, 0.3) is 0 Å². The van der Waals surface area contributed by atoms with Crippen LogP contribution in [0.5, 0.6) is 0 Å². The van der Waals surface area contributed by atoms with E-state index in [0.29, 0.717) is 0 Å². The summed E-state index contributed by atoms with van der Waals surface area (Å²) in [7, 11) is 0. The highest BCUT2D eigenvalue weighted by molar-refractivity contribution is 5.78. The van der Waals surface area contributed by atoms with Crippen LogP contribution in [0.2, 0.25) is 0 Å². The van der Waals surface area contributed by atoms with Gasteiger partial charge in [-0.05, 0) is 32.6 Å². The summed E-state index contributed by atoms with van der Waals surface area (Å²) in [6.07, 6.45) is 3.56. The van der Waals surface area contributed by atoms with Crippen LogP contribution in [0.15, 0.2) is 0 Å². The van der Waals surface area contributed by atoms with E-state index in [4.69, 9.17) is 9.84 Å². The normalized spacial score (nSPS) is 36.1. The molecule has 2 rings (SSSR count). The lowest BCUT2D eigenvalue weighted by atomic mass is 9.89. The first-order valence-corrected chi connectivity index (χ1v) is 5.17. The van der Waals surface area contributed by atoms with Crippen molar-refractivity contribution < 1.29 is 14.6 Å². The Balaban J connectivity index is 2.09. The van der Waals surface area contributed by atoms with Gasteiger partial charge in [0.15, 0.2) is 0 Å². The molecule has 0 saturated carbocycles. The molecule has 0 bridgehead atoms. The number of carboxylic acid groups (broad SMARTS) is 1. The molecular weight excluding hydrogens is 182 g/mol. The van der Waals surface area contributed by atoms with Crippen molar-refractivity contribution in [2.24, 2.45) is 0 Å². The molecule has 1 atom stereocenters. The van der Waals surface area contributed by atoms with Crippen molar-refractivity contribution >= 4 is 5.97 Å². The molecule has 2 aliphatic heterocycles. The molecule has 2 N–H and O–H groups in total. The lowest BCUT2D eigenvalue weighted by Crippen LogP contribution is -2.55. The summed E-state index contributed by atoms with van der Waals surface area (Å²) in [5.74, 6) is -0.735. The third kappa shape index (κ3) is 1.53. The van der Waals surface area contributed by atoms with E-state index in [-0.39, 0.29) is 5.54 Å². The van der Waals surface area contributed by atoms with Crippen LogP contribution in [0.4, 0.5) is 0 Å². The van der Waals surface area contributed by atoms with Crippen LogP contribution in [0, 0.1) is 0 Å². The first-order valence-electron chi connectivity index (χ1n) is 5.17. The molecule has 0 aliphatic carbocycles. The zero-order chi connectivity index (χ0) is 10.2. The highest BCUT2D eigenvalue weighted by Gasteiger charge is 2.49. The Labute approximate surface area is 83.6 Å². The summed E-state index contributed by atoms with van der Waals surface area (Å²) in [6, 6.07) is 0. The summed E-state index contributed by atoms with van der Waals surface area (Å²) in [5, 5.41) is 12.4. The summed E-state index contributed by atoms with van der Waals surface area (Å²) < 4.78 is 5.30. The van der Waals surface area contributed by atoms with Gasteiger partial charge in [-0.1, -0.05) is 0 Å². The number of carbonyl (C=O) groups is 1. The molecule has 0 amide bonds. The minimum absolute atomic E-state index is 0.0331. The van der Waals surface area contributed by atoms with Crippen molar-refractivity contribution in [1.82, 2.24) is 5.32 Å². The van der Waals surface area contributed by atoms with Gasteiger partial charge in [-0.3, -0.25) is 10.1 Å². The second-order valence-corrected chi connectivity index (χ2v) is 4.65. The largest absolute Gasteiger partial charge is 0.480 e. The van der Waals surface area contributed by atoms with Crippen LogP contribution < -0.4 is 5.32 Å². The summed E-state index contributed by atoms with van der Waals surface area (Å²) in [4.78, 5) is 11.1. The van der Waals surface area contributed by atoms with Crippen LogP contribution in [0.25, 0.3) is 0 Å². The molecule has 0 aromatic rings. The topological polar surface area (TPSA) is 58.6 Å². The second-order valence-electron chi connectivity index (χ2n) is 4.65. The molecule has 1 unspecified atom stereocenters. The molecule has 0 aromatic carbocycles. The Morgan fingerprint density at radius 3 is 2.43 bits per heavy atom. The Kier molecular flexibility index (Phi) is 2.27. The number of hydrogen-bond donors (Lipinski definition) is 2. The Hall–Kier alpha value is -0.610. The molecule has 2 heterocycles. The van der Waals surface area contributed by atoms with Crippen molar-refractivity contribution in [3.05, 3.63) is 0 Å². The fourth-order valence-electron chi connectivity index (χ4n) is 2.50. The summed E-state index contributed by atoms with van der Waals surface area (Å²) >= 11 is 0. The molecular formula is C10H17NO3. The molecule has 2 aliphatic rings. The molecule has 80 valence electrons. The van der Waals surface area contributed by atoms with Crippen LogP contribution in [0.1, 0.15) is 32.6 Å². The van der Waals surface area contributed by atoms with Crippen molar-refractivity contribution in [2.45, 2.75) is 43.7 Å². The molecule has 2 fully saturated rings. The maximum atomic E-state index is 11.1. The maximum absolute atomic E-state index is 11.1. The number of carboxylic acids is 1. The zero-order valence-corrected chi connectivity index (χ0v) is 8.51. The number of rotatable bonds is 1. The Morgan fingerprint density at radius 1 is 1.29 bits per heavy atom. The fourth-order valence-corrected chi connectivity index (χ4v) is 2.50. The van der Waals surface area contributed by atoms with Gasteiger partial charge in [0.2, 0.25) is 0 Å². The predicted octanol–water partition coefficient (Wildman–Crippen LogP) is 0.762. The predicted molar refractivity (Wildman–Crippen MR) is 51.2 cm³/mol. The van der Waals surface area contributed by atoms with E-state index in [2.05, 4.69) is 5.32 Å². The van der Waals surface area contributed by atoms with Gasteiger partial charge < -0.3 is 9.84 Å². The number of hydrogen-bond acceptors (Lipinski definition) is 3. The van der Waals surface area contributed by atoms with E-state index >= 15 is 0 Å².